The summed E-state index contributed by atoms with van der Waals surface area (Å²) in [7, 11) is 0. The molecule has 0 radical (unpaired) electrons. The van der Waals surface area contributed by atoms with Gasteiger partial charge in [-0.1, -0.05) is 0 Å². The smallest absolute Gasteiger partial charge is 0.249 e. The molecule has 1 aromatic heterocycles. The Kier molecular flexibility index (Phi) is 3.88. The van der Waals surface area contributed by atoms with Crippen molar-refractivity contribution in [2.24, 2.45) is 0 Å². The molecule has 1 fully saturated rings. The predicted octanol–water partition coefficient (Wildman–Crippen LogP) is 0.265. The minimum Gasteiger partial charge on any atom is -0.356 e. The second kappa shape index (κ2) is 5.59. The molecule has 0 bridgehead atoms. The van der Waals surface area contributed by atoms with Crippen LogP contribution >= 0.6 is 0 Å². The van der Waals surface area contributed by atoms with Crippen molar-refractivity contribution < 1.29 is 14.0 Å². The molecule has 3 N–H and O–H groups in total. The highest BCUT2D eigenvalue weighted by atomic mass is 19.1. The first-order chi connectivity index (χ1) is 9.10. The molecule has 1 unspecified atom stereocenters. The van der Waals surface area contributed by atoms with Crippen LogP contribution in [0.3, 0.4) is 0 Å². The topological polar surface area (TPSA) is 96.0 Å². The zero-order valence-corrected chi connectivity index (χ0v) is 10.4. The lowest BCUT2D eigenvalue weighted by atomic mass is 10.1. The zero-order valence-electron chi connectivity index (χ0n) is 10.4. The fourth-order valence-corrected chi connectivity index (χ4v) is 1.71. The van der Waals surface area contributed by atoms with Crippen LogP contribution < -0.4 is 16.0 Å². The van der Waals surface area contributed by atoms with Crippen molar-refractivity contribution in [3.8, 4) is 0 Å². The van der Waals surface area contributed by atoms with Crippen molar-refractivity contribution in [3.05, 3.63) is 12.0 Å². The predicted molar refractivity (Wildman–Crippen MR) is 65.9 cm³/mol. The van der Waals surface area contributed by atoms with E-state index in [1.807, 2.05) is 6.92 Å². The Labute approximate surface area is 109 Å². The average Bonchev–Trinajstić information content (AvgIpc) is 2.37. The highest BCUT2D eigenvalue weighted by Gasteiger charge is 2.27. The lowest BCUT2D eigenvalue weighted by molar-refractivity contribution is -0.133. The van der Waals surface area contributed by atoms with Gasteiger partial charge < -0.3 is 10.6 Å². The monoisotopic (exact) mass is 267 g/mol. The summed E-state index contributed by atoms with van der Waals surface area (Å²) in [5.74, 6) is -1.22. The average molecular weight is 267 g/mol. The summed E-state index contributed by atoms with van der Waals surface area (Å²) in [4.78, 5) is 30.3. The van der Waals surface area contributed by atoms with Gasteiger partial charge in [-0.05, 0) is 13.3 Å². The van der Waals surface area contributed by atoms with E-state index in [0.717, 1.165) is 6.20 Å². The number of carbonyl (C=O) groups is 2. The third-order valence-corrected chi connectivity index (χ3v) is 2.63. The van der Waals surface area contributed by atoms with E-state index in [-0.39, 0.29) is 24.1 Å². The Hall–Kier alpha value is -2.25. The van der Waals surface area contributed by atoms with Gasteiger partial charge in [0.15, 0.2) is 11.6 Å². The molecule has 2 heterocycles. The van der Waals surface area contributed by atoms with Gasteiger partial charge in [0, 0.05) is 13.0 Å². The van der Waals surface area contributed by atoms with Crippen molar-refractivity contribution in [1.29, 1.82) is 0 Å². The molecule has 1 aromatic rings. The van der Waals surface area contributed by atoms with E-state index in [1.165, 1.54) is 0 Å². The molecule has 2 amide bonds. The first-order valence-electron chi connectivity index (χ1n) is 5.96. The maximum absolute atomic E-state index is 13.6. The number of piperidine rings is 1. The van der Waals surface area contributed by atoms with Crippen LogP contribution in [0.5, 0.6) is 0 Å². The molecule has 8 heteroatoms. The van der Waals surface area contributed by atoms with Gasteiger partial charge in [0.2, 0.25) is 17.8 Å². The lowest BCUT2D eigenvalue weighted by Crippen LogP contribution is -2.47. The SMILES string of the molecule is CCNc1ncc(F)c(NC2CCC(=O)NC2=O)n1. The lowest BCUT2D eigenvalue weighted by Gasteiger charge is -2.22. The van der Waals surface area contributed by atoms with Crippen LogP contribution in [-0.2, 0) is 9.59 Å². The first kappa shape index (κ1) is 13.2. The Morgan fingerprint density at radius 3 is 3.00 bits per heavy atom. The van der Waals surface area contributed by atoms with E-state index in [1.54, 1.807) is 0 Å². The van der Waals surface area contributed by atoms with Gasteiger partial charge in [0.1, 0.15) is 6.04 Å². The Morgan fingerprint density at radius 1 is 1.53 bits per heavy atom. The maximum Gasteiger partial charge on any atom is 0.249 e. The molecule has 1 aliphatic heterocycles. The molecule has 1 aliphatic rings. The summed E-state index contributed by atoms with van der Waals surface area (Å²) in [5.41, 5.74) is 0. The van der Waals surface area contributed by atoms with Crippen molar-refractivity contribution >= 4 is 23.6 Å². The summed E-state index contributed by atoms with van der Waals surface area (Å²) >= 11 is 0. The molecule has 102 valence electrons. The molecule has 7 nitrogen and oxygen atoms in total. The number of imide groups is 1. The minimum atomic E-state index is -0.670. The molecule has 0 aliphatic carbocycles. The van der Waals surface area contributed by atoms with Crippen LogP contribution in [0.15, 0.2) is 6.20 Å². The number of hydrogen-bond acceptors (Lipinski definition) is 6. The highest BCUT2D eigenvalue weighted by Crippen LogP contribution is 2.16. The molecule has 1 saturated heterocycles. The van der Waals surface area contributed by atoms with E-state index < -0.39 is 17.8 Å². The van der Waals surface area contributed by atoms with Crippen LogP contribution in [0.1, 0.15) is 19.8 Å². The molecule has 0 saturated carbocycles. The number of hydrogen-bond donors (Lipinski definition) is 3. The van der Waals surface area contributed by atoms with Crippen LogP contribution in [0.4, 0.5) is 16.2 Å². The largest absolute Gasteiger partial charge is 0.356 e. The fourth-order valence-electron chi connectivity index (χ4n) is 1.71. The van der Waals surface area contributed by atoms with Crippen LogP contribution in [0.25, 0.3) is 0 Å². The maximum atomic E-state index is 13.6. The first-order valence-corrected chi connectivity index (χ1v) is 5.96. The van der Waals surface area contributed by atoms with Crippen molar-refractivity contribution in [2.45, 2.75) is 25.8 Å². The van der Waals surface area contributed by atoms with E-state index in [0.29, 0.717) is 13.0 Å². The number of anilines is 2. The fraction of sp³-hybridized carbons (Fsp3) is 0.455. The number of aromatic nitrogens is 2. The summed E-state index contributed by atoms with van der Waals surface area (Å²) in [6, 6.07) is -0.670. The number of rotatable bonds is 4. The molecule has 0 aromatic carbocycles. The second-order valence-electron chi connectivity index (χ2n) is 4.07. The van der Waals surface area contributed by atoms with Gasteiger partial charge in [0.05, 0.1) is 6.20 Å². The second-order valence-corrected chi connectivity index (χ2v) is 4.07. The molecule has 19 heavy (non-hydrogen) atoms. The molecular formula is C11H14FN5O2. The van der Waals surface area contributed by atoms with Gasteiger partial charge in [0.25, 0.3) is 0 Å². The minimum absolute atomic E-state index is 0.0551. The number of halogens is 1. The van der Waals surface area contributed by atoms with Crippen molar-refractivity contribution in [1.82, 2.24) is 15.3 Å². The molecular weight excluding hydrogens is 253 g/mol. The van der Waals surface area contributed by atoms with Crippen molar-refractivity contribution in [3.63, 3.8) is 0 Å². The summed E-state index contributed by atoms with van der Waals surface area (Å²) < 4.78 is 13.6. The van der Waals surface area contributed by atoms with Gasteiger partial charge in [-0.25, -0.2) is 9.37 Å². The third-order valence-electron chi connectivity index (χ3n) is 2.63. The van der Waals surface area contributed by atoms with Gasteiger partial charge in [-0.15, -0.1) is 0 Å². The normalized spacial score (nSPS) is 18.9. The summed E-state index contributed by atoms with van der Waals surface area (Å²) in [5, 5.41) is 7.72. The Morgan fingerprint density at radius 2 is 2.32 bits per heavy atom. The molecule has 2 rings (SSSR count). The van der Waals surface area contributed by atoms with Crippen LogP contribution in [0, 0.1) is 5.82 Å². The number of amides is 2. The van der Waals surface area contributed by atoms with E-state index in [2.05, 4.69) is 25.9 Å². The van der Waals surface area contributed by atoms with E-state index >= 15 is 0 Å². The van der Waals surface area contributed by atoms with Gasteiger partial charge >= 0.3 is 0 Å². The number of carbonyl (C=O) groups excluding carboxylic acids is 2. The van der Waals surface area contributed by atoms with E-state index in [4.69, 9.17) is 0 Å². The Bertz CT molecular complexity index is 508. The number of nitrogens with one attached hydrogen (secondary N) is 3. The molecule has 0 spiro atoms. The van der Waals surface area contributed by atoms with Crippen LogP contribution in [-0.4, -0.2) is 34.4 Å². The standard InChI is InChI=1S/C11H14FN5O2/c1-2-13-11-14-5-6(12)9(17-11)15-7-3-4-8(18)16-10(7)19/h5,7H,2-4H2,1H3,(H,16,18,19)(H2,13,14,15,17). The highest BCUT2D eigenvalue weighted by molar-refractivity contribution is 6.01. The van der Waals surface area contributed by atoms with Gasteiger partial charge in [-0.2, -0.15) is 4.98 Å². The zero-order chi connectivity index (χ0) is 13.8. The quantitative estimate of drug-likeness (QED) is 0.677. The molecule has 1 atom stereocenters. The summed E-state index contributed by atoms with van der Waals surface area (Å²) in [6.07, 6.45) is 1.56. The number of nitrogens with zero attached hydrogens (tertiary/aromatic N) is 2. The van der Waals surface area contributed by atoms with E-state index in [9.17, 15) is 14.0 Å². The third kappa shape index (κ3) is 3.15. The van der Waals surface area contributed by atoms with Crippen molar-refractivity contribution in [2.75, 3.05) is 17.2 Å². The van der Waals surface area contributed by atoms with Gasteiger partial charge in [-0.3, -0.25) is 14.9 Å². The summed E-state index contributed by atoms with van der Waals surface area (Å²) in [6.45, 7) is 2.46. The Balaban J connectivity index is 2.11. The van der Waals surface area contributed by atoms with Crippen LogP contribution in [0.2, 0.25) is 0 Å².